The second-order valence-electron chi connectivity index (χ2n) is 6.30. The Bertz CT molecular complexity index is 985. The van der Waals surface area contributed by atoms with Gasteiger partial charge in [-0.05, 0) is 25.8 Å². The number of aromatic nitrogens is 1. The molecule has 0 unspecified atom stereocenters. The van der Waals surface area contributed by atoms with E-state index in [1.165, 1.54) is 14.2 Å². The molecule has 0 atom stereocenters. The fraction of sp³-hybridized carbons (Fsp3) is 0.400. The SMILES string of the molecule is CCOP(=O)(OCC)c1c(C(=O)OC)c(C(=O)OC)c2n1CCc1ccccc1-2. The zero-order valence-corrected chi connectivity index (χ0v) is 17.8. The van der Waals surface area contributed by atoms with E-state index in [9.17, 15) is 14.2 Å². The maximum atomic E-state index is 13.7. The normalized spacial score (nSPS) is 12.8. The molecule has 0 fully saturated rings. The standard InChI is InChI=1S/C20H24NO7P/c1-5-27-29(24,28-6-2)18-16(20(23)26-4)15(19(22)25-3)17-14-10-8-7-9-13(14)11-12-21(17)18/h7-10H,5-6,11-12H2,1-4H3. The van der Waals surface area contributed by atoms with Crippen LogP contribution in [0.1, 0.15) is 40.1 Å². The van der Waals surface area contributed by atoms with Crippen LogP contribution in [0.2, 0.25) is 0 Å². The summed E-state index contributed by atoms with van der Waals surface area (Å²) in [5.41, 5.74) is 2.10. The summed E-state index contributed by atoms with van der Waals surface area (Å²) < 4.78 is 36.4. The second-order valence-corrected chi connectivity index (χ2v) is 8.23. The first-order valence-corrected chi connectivity index (χ1v) is 10.9. The van der Waals surface area contributed by atoms with E-state index < -0.39 is 19.5 Å². The lowest BCUT2D eigenvalue weighted by atomic mass is 9.95. The molecule has 156 valence electrons. The van der Waals surface area contributed by atoms with Crippen LogP contribution >= 0.6 is 7.60 Å². The third-order valence-electron chi connectivity index (χ3n) is 4.75. The molecule has 8 nitrogen and oxygen atoms in total. The minimum absolute atomic E-state index is 0.00105. The summed E-state index contributed by atoms with van der Waals surface area (Å²) in [4.78, 5) is 25.6. The van der Waals surface area contributed by atoms with Crippen LogP contribution in [0.3, 0.4) is 0 Å². The number of hydrogen-bond donors (Lipinski definition) is 0. The summed E-state index contributed by atoms with van der Waals surface area (Å²) in [6.07, 6.45) is 0.629. The third kappa shape index (κ3) is 3.52. The van der Waals surface area contributed by atoms with Gasteiger partial charge in [-0.1, -0.05) is 24.3 Å². The van der Waals surface area contributed by atoms with E-state index in [1.54, 1.807) is 18.4 Å². The predicted octanol–water partition coefficient (Wildman–Crippen LogP) is 3.18. The van der Waals surface area contributed by atoms with Gasteiger partial charge in [-0.3, -0.25) is 4.57 Å². The van der Waals surface area contributed by atoms with Crippen molar-refractivity contribution in [2.75, 3.05) is 27.4 Å². The summed E-state index contributed by atoms with van der Waals surface area (Å²) >= 11 is 0. The molecular formula is C20H24NO7P. The number of aryl methyl sites for hydroxylation is 1. The largest absolute Gasteiger partial charge is 0.465 e. The van der Waals surface area contributed by atoms with Gasteiger partial charge in [0.2, 0.25) is 0 Å². The number of esters is 2. The maximum absolute atomic E-state index is 13.7. The fourth-order valence-corrected chi connectivity index (χ4v) is 5.66. The molecule has 9 heteroatoms. The van der Waals surface area contributed by atoms with Crippen molar-refractivity contribution in [3.05, 3.63) is 41.0 Å². The van der Waals surface area contributed by atoms with Gasteiger partial charge in [0.05, 0.1) is 33.1 Å². The molecule has 0 N–H and O–H groups in total. The van der Waals surface area contributed by atoms with Crippen molar-refractivity contribution in [1.82, 2.24) is 4.57 Å². The monoisotopic (exact) mass is 421 g/mol. The second kappa shape index (κ2) is 8.53. The Hall–Kier alpha value is -2.41. The zero-order chi connectivity index (χ0) is 21.2. The molecule has 2 aromatic rings. The van der Waals surface area contributed by atoms with Gasteiger partial charge in [-0.2, -0.15) is 0 Å². The predicted molar refractivity (Wildman–Crippen MR) is 107 cm³/mol. The summed E-state index contributed by atoms with van der Waals surface area (Å²) in [6.45, 7) is 3.96. The van der Waals surface area contributed by atoms with Crippen LogP contribution in [0, 0.1) is 0 Å². The Balaban J connectivity index is 2.47. The third-order valence-corrected chi connectivity index (χ3v) is 6.93. The Labute approximate surface area is 169 Å². The molecule has 1 aromatic carbocycles. The van der Waals surface area contributed by atoms with Gasteiger partial charge in [-0.25, -0.2) is 9.59 Å². The first kappa shape index (κ1) is 21.3. The Kier molecular flexibility index (Phi) is 6.27. The van der Waals surface area contributed by atoms with Crippen LogP contribution in [0.5, 0.6) is 0 Å². The van der Waals surface area contributed by atoms with Gasteiger partial charge in [0, 0.05) is 12.1 Å². The number of methoxy groups -OCH3 is 2. The Morgan fingerprint density at radius 1 is 1.00 bits per heavy atom. The van der Waals surface area contributed by atoms with E-state index in [-0.39, 0.29) is 29.8 Å². The van der Waals surface area contributed by atoms with Gasteiger partial charge in [-0.15, -0.1) is 0 Å². The number of nitrogens with zero attached hydrogens (tertiary/aromatic N) is 1. The Morgan fingerprint density at radius 2 is 1.59 bits per heavy atom. The lowest BCUT2D eigenvalue weighted by Crippen LogP contribution is -2.28. The van der Waals surface area contributed by atoms with E-state index in [1.807, 2.05) is 24.3 Å². The molecular weight excluding hydrogens is 397 g/mol. The molecule has 0 saturated heterocycles. The molecule has 0 bridgehead atoms. The minimum atomic E-state index is -3.92. The maximum Gasteiger partial charge on any atom is 0.378 e. The number of hydrogen-bond acceptors (Lipinski definition) is 7. The number of carbonyl (C=O) groups excluding carboxylic acids is 2. The molecule has 2 heterocycles. The van der Waals surface area contributed by atoms with Crippen molar-refractivity contribution in [2.24, 2.45) is 0 Å². The number of ether oxygens (including phenoxy) is 2. The van der Waals surface area contributed by atoms with Gasteiger partial charge in [0.25, 0.3) is 0 Å². The van der Waals surface area contributed by atoms with Gasteiger partial charge >= 0.3 is 19.5 Å². The highest BCUT2D eigenvalue weighted by Gasteiger charge is 2.44. The van der Waals surface area contributed by atoms with Crippen LogP contribution in [0.15, 0.2) is 24.3 Å². The summed E-state index contributed by atoms with van der Waals surface area (Å²) in [7, 11) is -1.50. The Morgan fingerprint density at radius 3 is 2.17 bits per heavy atom. The smallest absolute Gasteiger partial charge is 0.378 e. The average molecular weight is 421 g/mol. The molecule has 3 rings (SSSR count). The first-order valence-electron chi connectivity index (χ1n) is 9.34. The summed E-state index contributed by atoms with van der Waals surface area (Å²) in [5, 5.41) is 0. The van der Waals surface area contributed by atoms with Gasteiger partial charge in [0.15, 0.2) is 0 Å². The van der Waals surface area contributed by atoms with Crippen LogP contribution in [-0.2, 0) is 36.1 Å². The minimum Gasteiger partial charge on any atom is -0.465 e. The number of rotatable bonds is 7. The highest BCUT2D eigenvalue weighted by atomic mass is 31.2. The quantitative estimate of drug-likeness (QED) is 0.501. The van der Waals surface area contributed by atoms with E-state index in [0.29, 0.717) is 18.7 Å². The zero-order valence-electron chi connectivity index (χ0n) is 16.9. The van der Waals surface area contributed by atoms with Crippen molar-refractivity contribution < 1.29 is 32.7 Å². The lowest BCUT2D eigenvalue weighted by molar-refractivity contribution is 0.0558. The molecule has 0 radical (unpaired) electrons. The molecule has 1 aromatic heterocycles. The topological polar surface area (TPSA) is 93.1 Å². The van der Waals surface area contributed by atoms with Crippen molar-refractivity contribution in [1.29, 1.82) is 0 Å². The molecule has 0 amide bonds. The van der Waals surface area contributed by atoms with Crippen LogP contribution in [0.4, 0.5) is 0 Å². The highest BCUT2D eigenvalue weighted by Crippen LogP contribution is 2.51. The number of benzene rings is 1. The first-order chi connectivity index (χ1) is 13.9. The van der Waals surface area contributed by atoms with Crippen molar-refractivity contribution in [2.45, 2.75) is 26.8 Å². The van der Waals surface area contributed by atoms with Crippen molar-refractivity contribution in [3.8, 4) is 11.3 Å². The molecule has 0 aliphatic carbocycles. The highest BCUT2D eigenvalue weighted by molar-refractivity contribution is 7.62. The van der Waals surface area contributed by atoms with E-state index in [0.717, 1.165) is 11.1 Å². The molecule has 1 aliphatic heterocycles. The number of fused-ring (bicyclic) bond motifs is 3. The van der Waals surface area contributed by atoms with Crippen molar-refractivity contribution in [3.63, 3.8) is 0 Å². The molecule has 1 aliphatic rings. The van der Waals surface area contributed by atoms with Gasteiger partial charge in [0.1, 0.15) is 16.6 Å². The fourth-order valence-electron chi connectivity index (χ4n) is 3.69. The number of carbonyl (C=O) groups is 2. The molecule has 29 heavy (non-hydrogen) atoms. The molecule has 0 spiro atoms. The van der Waals surface area contributed by atoms with Crippen molar-refractivity contribution >= 4 is 25.0 Å². The van der Waals surface area contributed by atoms with E-state index in [4.69, 9.17) is 18.5 Å². The average Bonchev–Trinajstić information content (AvgIpc) is 3.09. The molecule has 0 saturated carbocycles. The summed E-state index contributed by atoms with van der Waals surface area (Å²) in [5.74, 6) is -1.53. The van der Waals surface area contributed by atoms with Crippen LogP contribution in [0.25, 0.3) is 11.3 Å². The lowest BCUT2D eigenvalue weighted by Gasteiger charge is -2.24. The van der Waals surface area contributed by atoms with E-state index in [2.05, 4.69) is 0 Å². The van der Waals surface area contributed by atoms with Gasteiger partial charge < -0.3 is 23.1 Å². The summed E-state index contributed by atoms with van der Waals surface area (Å²) in [6, 6.07) is 7.55. The van der Waals surface area contributed by atoms with E-state index >= 15 is 0 Å². The van der Waals surface area contributed by atoms with Crippen LogP contribution in [-0.4, -0.2) is 43.9 Å². The van der Waals surface area contributed by atoms with Crippen LogP contribution < -0.4 is 5.44 Å².